The quantitative estimate of drug-likeness (QED) is 0.647. The fourth-order valence-corrected chi connectivity index (χ4v) is 3.59. The van der Waals surface area contributed by atoms with E-state index >= 15 is 0 Å². The number of ether oxygens (including phenoxy) is 1. The first-order valence-corrected chi connectivity index (χ1v) is 10.5. The summed E-state index contributed by atoms with van der Waals surface area (Å²) >= 11 is 6.15. The summed E-state index contributed by atoms with van der Waals surface area (Å²) < 4.78 is 6.42. The van der Waals surface area contributed by atoms with E-state index in [1.165, 1.54) is 10.9 Å². The van der Waals surface area contributed by atoms with Crippen LogP contribution in [0.5, 0.6) is 0 Å². The molecule has 1 aliphatic rings. The van der Waals surface area contributed by atoms with Gasteiger partial charge >= 0.3 is 5.97 Å². The molecule has 31 heavy (non-hydrogen) atoms. The number of halogens is 1. The molecule has 0 bridgehead atoms. The van der Waals surface area contributed by atoms with Gasteiger partial charge in [0.2, 0.25) is 11.8 Å². The zero-order chi connectivity index (χ0) is 22.4. The van der Waals surface area contributed by atoms with E-state index in [9.17, 15) is 14.4 Å². The van der Waals surface area contributed by atoms with E-state index in [1.54, 1.807) is 24.9 Å². The molecule has 1 aromatic carbocycles. The zero-order valence-electron chi connectivity index (χ0n) is 17.6. The van der Waals surface area contributed by atoms with Gasteiger partial charge in [0.15, 0.2) is 0 Å². The minimum Gasteiger partial charge on any atom is -0.462 e. The molecular formula is C21H26ClN5O4. The van der Waals surface area contributed by atoms with E-state index in [0.717, 1.165) is 5.56 Å². The van der Waals surface area contributed by atoms with Crippen molar-refractivity contribution in [2.75, 3.05) is 44.6 Å². The maximum Gasteiger partial charge on any atom is 0.343 e. The van der Waals surface area contributed by atoms with Crippen molar-refractivity contribution >= 4 is 35.2 Å². The zero-order valence-corrected chi connectivity index (χ0v) is 18.4. The van der Waals surface area contributed by atoms with Gasteiger partial charge in [-0.1, -0.05) is 29.8 Å². The molecule has 0 saturated carbocycles. The SMILES string of the molecule is CCOC(=O)c1cnn(C)c1NC(=O)CN1CCN(C(=O)Cc2ccccc2Cl)CC1. The van der Waals surface area contributed by atoms with Crippen molar-refractivity contribution in [2.24, 2.45) is 7.05 Å². The van der Waals surface area contributed by atoms with Crippen molar-refractivity contribution < 1.29 is 19.1 Å². The number of piperazine rings is 1. The minimum absolute atomic E-state index is 0.0196. The number of benzene rings is 1. The highest BCUT2D eigenvalue weighted by atomic mass is 35.5. The summed E-state index contributed by atoms with van der Waals surface area (Å²) in [6.45, 7) is 4.34. The summed E-state index contributed by atoms with van der Waals surface area (Å²) in [5.41, 5.74) is 1.03. The molecule has 1 N–H and O–H groups in total. The van der Waals surface area contributed by atoms with Crippen LogP contribution in [0, 0.1) is 0 Å². The Hall–Kier alpha value is -2.91. The molecule has 2 aromatic rings. The molecule has 166 valence electrons. The van der Waals surface area contributed by atoms with Crippen LogP contribution in [0.1, 0.15) is 22.8 Å². The summed E-state index contributed by atoms with van der Waals surface area (Å²) in [7, 11) is 1.64. The van der Waals surface area contributed by atoms with Gasteiger partial charge in [-0.15, -0.1) is 0 Å². The minimum atomic E-state index is -0.531. The maximum atomic E-state index is 12.6. The summed E-state index contributed by atoms with van der Waals surface area (Å²) in [5.74, 6) is -0.468. The van der Waals surface area contributed by atoms with Gasteiger partial charge in [0.1, 0.15) is 11.4 Å². The van der Waals surface area contributed by atoms with E-state index in [-0.39, 0.29) is 37.0 Å². The van der Waals surface area contributed by atoms with Crippen LogP contribution in [-0.2, 0) is 27.8 Å². The lowest BCUT2D eigenvalue weighted by Crippen LogP contribution is -2.50. The molecule has 10 heteroatoms. The van der Waals surface area contributed by atoms with Crippen LogP contribution in [0.4, 0.5) is 5.82 Å². The first-order valence-electron chi connectivity index (χ1n) is 10.1. The Balaban J connectivity index is 1.49. The summed E-state index contributed by atoms with van der Waals surface area (Å²) in [5, 5.41) is 7.35. The van der Waals surface area contributed by atoms with E-state index in [0.29, 0.717) is 37.0 Å². The van der Waals surface area contributed by atoms with E-state index < -0.39 is 5.97 Å². The molecular weight excluding hydrogens is 422 g/mol. The number of aromatic nitrogens is 2. The van der Waals surface area contributed by atoms with Crippen LogP contribution >= 0.6 is 11.6 Å². The first-order chi connectivity index (χ1) is 14.9. The average Bonchev–Trinajstić information content (AvgIpc) is 3.10. The second kappa shape index (κ2) is 10.4. The van der Waals surface area contributed by atoms with E-state index in [4.69, 9.17) is 16.3 Å². The normalized spacial score (nSPS) is 14.4. The number of rotatable bonds is 7. The third kappa shape index (κ3) is 5.83. The molecule has 1 fully saturated rings. The largest absolute Gasteiger partial charge is 0.462 e. The molecule has 0 atom stereocenters. The number of anilines is 1. The van der Waals surface area contributed by atoms with Crippen molar-refractivity contribution in [3.8, 4) is 0 Å². The van der Waals surface area contributed by atoms with Crippen LogP contribution in [0.3, 0.4) is 0 Å². The molecule has 0 spiro atoms. The van der Waals surface area contributed by atoms with Gasteiger partial charge in [-0.2, -0.15) is 5.10 Å². The first kappa shape index (κ1) is 22.8. The molecule has 0 radical (unpaired) electrons. The topological polar surface area (TPSA) is 96.8 Å². The maximum absolute atomic E-state index is 12.6. The second-order valence-corrected chi connectivity index (χ2v) is 7.63. The third-order valence-corrected chi connectivity index (χ3v) is 5.45. The second-order valence-electron chi connectivity index (χ2n) is 7.22. The number of aryl methyl sites for hydroxylation is 1. The van der Waals surface area contributed by atoms with Gasteiger partial charge in [0.25, 0.3) is 0 Å². The standard InChI is InChI=1S/C21H26ClN5O4/c1-3-31-21(30)16-13-23-25(2)20(16)24-18(28)14-26-8-10-27(11-9-26)19(29)12-15-6-4-5-7-17(15)22/h4-7,13H,3,8-12,14H2,1-2H3,(H,24,28). The van der Waals surface area contributed by atoms with Crippen molar-refractivity contribution in [1.29, 1.82) is 0 Å². The van der Waals surface area contributed by atoms with Crippen LogP contribution in [-0.4, -0.2) is 76.7 Å². The van der Waals surface area contributed by atoms with E-state index in [1.807, 2.05) is 23.1 Å². The average molecular weight is 448 g/mol. The Labute approximate surface area is 185 Å². The van der Waals surface area contributed by atoms with Gasteiger partial charge < -0.3 is 15.0 Å². The van der Waals surface area contributed by atoms with Crippen LogP contribution in [0.25, 0.3) is 0 Å². The lowest BCUT2D eigenvalue weighted by Gasteiger charge is -2.34. The van der Waals surface area contributed by atoms with Crippen LogP contribution in [0.15, 0.2) is 30.5 Å². The molecule has 1 aromatic heterocycles. The number of hydrogen-bond donors (Lipinski definition) is 1. The molecule has 3 rings (SSSR count). The van der Waals surface area contributed by atoms with E-state index in [2.05, 4.69) is 10.4 Å². The number of nitrogens with one attached hydrogen (secondary N) is 1. The fraction of sp³-hybridized carbons (Fsp3) is 0.429. The number of esters is 1. The van der Waals surface area contributed by atoms with Gasteiger partial charge in [-0.05, 0) is 18.6 Å². The fourth-order valence-electron chi connectivity index (χ4n) is 3.39. The van der Waals surface area contributed by atoms with Crippen molar-refractivity contribution in [1.82, 2.24) is 19.6 Å². The van der Waals surface area contributed by atoms with Gasteiger partial charge in [-0.3, -0.25) is 19.2 Å². The summed E-state index contributed by atoms with van der Waals surface area (Å²) in [4.78, 5) is 40.9. The smallest absolute Gasteiger partial charge is 0.343 e. The highest BCUT2D eigenvalue weighted by molar-refractivity contribution is 6.31. The number of carbonyl (C=O) groups is 3. The Morgan fingerprint density at radius 3 is 2.55 bits per heavy atom. The molecule has 0 aliphatic carbocycles. The monoisotopic (exact) mass is 447 g/mol. The van der Waals surface area contributed by atoms with Crippen molar-refractivity contribution in [3.05, 3.63) is 46.6 Å². The number of amides is 2. The Morgan fingerprint density at radius 1 is 1.16 bits per heavy atom. The molecule has 1 aliphatic heterocycles. The molecule has 0 unspecified atom stereocenters. The predicted octanol–water partition coefficient (Wildman–Crippen LogP) is 1.58. The summed E-state index contributed by atoms with van der Waals surface area (Å²) in [6, 6.07) is 7.32. The lowest BCUT2D eigenvalue weighted by atomic mass is 10.1. The highest BCUT2D eigenvalue weighted by Gasteiger charge is 2.24. The number of carbonyl (C=O) groups excluding carboxylic acids is 3. The lowest BCUT2D eigenvalue weighted by molar-refractivity contribution is -0.132. The van der Waals surface area contributed by atoms with Gasteiger partial charge in [0, 0.05) is 38.2 Å². The van der Waals surface area contributed by atoms with Crippen molar-refractivity contribution in [2.45, 2.75) is 13.3 Å². The molecule has 9 nitrogen and oxygen atoms in total. The predicted molar refractivity (Wildman–Crippen MR) is 116 cm³/mol. The molecule has 2 heterocycles. The van der Waals surface area contributed by atoms with Crippen LogP contribution < -0.4 is 5.32 Å². The summed E-state index contributed by atoms with van der Waals surface area (Å²) in [6.07, 6.45) is 1.63. The van der Waals surface area contributed by atoms with Crippen LogP contribution in [0.2, 0.25) is 5.02 Å². The van der Waals surface area contributed by atoms with Crippen molar-refractivity contribution in [3.63, 3.8) is 0 Å². The Morgan fingerprint density at radius 2 is 1.87 bits per heavy atom. The highest BCUT2D eigenvalue weighted by Crippen LogP contribution is 2.17. The van der Waals surface area contributed by atoms with Gasteiger partial charge in [0.05, 0.1) is 25.8 Å². The Bertz CT molecular complexity index is 953. The number of hydrogen-bond acceptors (Lipinski definition) is 6. The molecule has 2 amide bonds. The number of nitrogens with zero attached hydrogens (tertiary/aromatic N) is 4. The third-order valence-electron chi connectivity index (χ3n) is 5.08. The molecule has 1 saturated heterocycles. The van der Waals surface area contributed by atoms with Gasteiger partial charge in [-0.25, -0.2) is 4.79 Å². The Kier molecular flexibility index (Phi) is 7.64.